The monoisotopic (exact) mass is 299 g/mol. The molecule has 21 heavy (non-hydrogen) atoms. The largest absolute Gasteiger partial charge is 0.480 e. The zero-order chi connectivity index (χ0) is 16.4. The summed E-state index contributed by atoms with van der Waals surface area (Å²) in [5.74, 6) is -2.34. The second-order valence-electron chi connectivity index (χ2n) is 5.55. The van der Waals surface area contributed by atoms with Crippen molar-refractivity contribution >= 4 is 23.8 Å². The van der Waals surface area contributed by atoms with Crippen molar-refractivity contribution in [2.75, 3.05) is 6.54 Å². The van der Waals surface area contributed by atoms with Gasteiger partial charge in [0.25, 0.3) is 5.91 Å². The highest BCUT2D eigenvalue weighted by atomic mass is 16.4. The van der Waals surface area contributed by atoms with Gasteiger partial charge in [-0.1, -0.05) is 13.8 Å². The van der Waals surface area contributed by atoms with E-state index in [-0.39, 0.29) is 19.4 Å². The zero-order valence-electron chi connectivity index (χ0n) is 12.6. The van der Waals surface area contributed by atoms with E-state index in [0.717, 1.165) is 4.90 Å². The van der Waals surface area contributed by atoms with Crippen LogP contribution in [0.5, 0.6) is 0 Å². The van der Waals surface area contributed by atoms with Crippen LogP contribution in [-0.4, -0.2) is 51.4 Å². The summed E-state index contributed by atoms with van der Waals surface area (Å²) in [6, 6.07) is -0.741. The molecule has 0 aromatic heterocycles. The predicted molar refractivity (Wildman–Crippen MR) is 73.4 cm³/mol. The van der Waals surface area contributed by atoms with Gasteiger partial charge < -0.3 is 15.3 Å². The maximum absolute atomic E-state index is 12.4. The molecule has 0 aliphatic carbocycles. The van der Waals surface area contributed by atoms with Gasteiger partial charge in [0.1, 0.15) is 17.6 Å². The average Bonchev–Trinajstić information content (AvgIpc) is 2.40. The third-order valence-electron chi connectivity index (χ3n) is 3.99. The van der Waals surface area contributed by atoms with Crippen molar-refractivity contribution in [3.8, 4) is 0 Å². The Bertz CT molecular complexity index is 482. The number of carboxylic acid groups (broad SMARTS) is 1. The molecule has 1 fully saturated rings. The number of carbonyl (C=O) groups is 4. The van der Waals surface area contributed by atoms with Gasteiger partial charge in [0.15, 0.2) is 0 Å². The normalized spacial score (nSPS) is 18.2. The lowest BCUT2D eigenvalue weighted by Crippen LogP contribution is -2.69. The first kappa shape index (κ1) is 16.9. The number of carbonyl (C=O) groups excluding carboxylic acids is 3. The third-order valence-corrected chi connectivity index (χ3v) is 3.99. The first-order valence-electron chi connectivity index (χ1n) is 6.78. The molecule has 118 valence electrons. The number of amides is 4. The molecule has 1 saturated heterocycles. The van der Waals surface area contributed by atoms with Crippen LogP contribution in [0.3, 0.4) is 0 Å². The maximum Gasteiger partial charge on any atom is 0.329 e. The number of piperazine rings is 1. The third kappa shape index (κ3) is 2.98. The number of nitrogens with zero attached hydrogens (tertiary/aromatic N) is 1. The summed E-state index contributed by atoms with van der Waals surface area (Å²) in [6.45, 7) is 5.99. The summed E-state index contributed by atoms with van der Waals surface area (Å²) >= 11 is 0. The maximum atomic E-state index is 12.4. The number of imide groups is 1. The van der Waals surface area contributed by atoms with Gasteiger partial charge in [0.05, 0.1) is 0 Å². The number of aliphatic carboxylic acids is 1. The van der Waals surface area contributed by atoms with Crippen LogP contribution in [0.2, 0.25) is 0 Å². The van der Waals surface area contributed by atoms with Crippen LogP contribution in [0, 0.1) is 0 Å². The summed E-state index contributed by atoms with van der Waals surface area (Å²) < 4.78 is 0. The van der Waals surface area contributed by atoms with E-state index in [0.29, 0.717) is 0 Å². The first-order chi connectivity index (χ1) is 9.60. The topological polar surface area (TPSA) is 116 Å². The lowest BCUT2D eigenvalue weighted by Gasteiger charge is -2.41. The van der Waals surface area contributed by atoms with Crippen LogP contribution in [0.15, 0.2) is 0 Å². The number of rotatable bonds is 4. The molecular weight excluding hydrogens is 278 g/mol. The van der Waals surface area contributed by atoms with Crippen LogP contribution >= 0.6 is 0 Å². The predicted octanol–water partition coefficient (Wildman–Crippen LogP) is 0.0764. The van der Waals surface area contributed by atoms with Crippen molar-refractivity contribution in [3.05, 3.63) is 0 Å². The Morgan fingerprint density at radius 3 is 2.29 bits per heavy atom. The Labute approximate surface area is 122 Å². The van der Waals surface area contributed by atoms with E-state index in [9.17, 15) is 24.3 Å². The van der Waals surface area contributed by atoms with E-state index in [1.165, 1.54) is 13.8 Å². The minimum atomic E-state index is -1.41. The lowest BCUT2D eigenvalue weighted by molar-refractivity contribution is -0.145. The first-order valence-corrected chi connectivity index (χ1v) is 6.78. The van der Waals surface area contributed by atoms with Crippen LogP contribution < -0.4 is 10.6 Å². The summed E-state index contributed by atoms with van der Waals surface area (Å²) in [7, 11) is 0. The second-order valence-corrected chi connectivity index (χ2v) is 5.55. The zero-order valence-corrected chi connectivity index (χ0v) is 12.6. The molecular formula is C13H21N3O5. The van der Waals surface area contributed by atoms with Gasteiger partial charge in [-0.25, -0.2) is 9.59 Å². The Hall–Kier alpha value is -2.12. The van der Waals surface area contributed by atoms with Gasteiger partial charge in [0.2, 0.25) is 5.91 Å². The molecule has 0 spiro atoms. The molecule has 0 unspecified atom stereocenters. The number of hydrogen-bond donors (Lipinski definition) is 3. The van der Waals surface area contributed by atoms with Crippen molar-refractivity contribution in [2.45, 2.75) is 51.6 Å². The van der Waals surface area contributed by atoms with E-state index in [2.05, 4.69) is 10.6 Å². The molecule has 4 amide bonds. The fourth-order valence-electron chi connectivity index (χ4n) is 2.16. The minimum Gasteiger partial charge on any atom is -0.480 e. The summed E-state index contributed by atoms with van der Waals surface area (Å²) in [6.07, 6.45) is 0.387. The van der Waals surface area contributed by atoms with Crippen molar-refractivity contribution < 1.29 is 24.3 Å². The van der Waals surface area contributed by atoms with Crippen molar-refractivity contribution in [2.24, 2.45) is 0 Å². The van der Waals surface area contributed by atoms with Gasteiger partial charge in [-0.2, -0.15) is 0 Å². The average molecular weight is 299 g/mol. The molecule has 1 aliphatic rings. The van der Waals surface area contributed by atoms with Crippen LogP contribution in [0.4, 0.5) is 4.79 Å². The number of nitrogens with one attached hydrogen (secondary N) is 2. The van der Waals surface area contributed by atoms with Crippen molar-refractivity contribution in [1.29, 1.82) is 0 Å². The SMILES string of the molecule is CCC(CC)(NC(=O)N1CC(=O)NC(=O)C1(C)C)C(=O)O. The van der Waals surface area contributed by atoms with Gasteiger partial charge in [-0.05, 0) is 26.7 Å². The highest BCUT2D eigenvalue weighted by Crippen LogP contribution is 2.21. The number of carboxylic acids is 1. The summed E-state index contributed by atoms with van der Waals surface area (Å²) in [5.41, 5.74) is -2.64. The number of hydrogen-bond acceptors (Lipinski definition) is 4. The quantitative estimate of drug-likeness (QED) is 0.636. The Morgan fingerprint density at radius 2 is 1.86 bits per heavy atom. The molecule has 0 saturated carbocycles. The molecule has 0 bridgehead atoms. The molecule has 0 aromatic rings. The van der Waals surface area contributed by atoms with Crippen molar-refractivity contribution in [1.82, 2.24) is 15.5 Å². The van der Waals surface area contributed by atoms with Gasteiger partial charge in [-0.15, -0.1) is 0 Å². The molecule has 0 atom stereocenters. The second kappa shape index (κ2) is 5.71. The van der Waals surface area contributed by atoms with Crippen LogP contribution in [0.1, 0.15) is 40.5 Å². The van der Waals surface area contributed by atoms with Crippen molar-refractivity contribution in [3.63, 3.8) is 0 Å². The van der Waals surface area contributed by atoms with Crippen LogP contribution in [0.25, 0.3) is 0 Å². The van der Waals surface area contributed by atoms with Gasteiger partial charge >= 0.3 is 12.0 Å². The molecule has 0 aromatic carbocycles. The Balaban J connectivity index is 3.04. The van der Waals surface area contributed by atoms with E-state index in [4.69, 9.17) is 0 Å². The van der Waals surface area contributed by atoms with E-state index in [1.807, 2.05) is 0 Å². The molecule has 1 heterocycles. The summed E-state index contributed by atoms with van der Waals surface area (Å²) in [4.78, 5) is 48.1. The van der Waals surface area contributed by atoms with Gasteiger partial charge in [-0.3, -0.25) is 14.9 Å². The van der Waals surface area contributed by atoms with Gasteiger partial charge in [0, 0.05) is 0 Å². The van der Waals surface area contributed by atoms with Crippen LogP contribution in [-0.2, 0) is 14.4 Å². The standard InChI is InChI=1S/C13H21N3O5/c1-5-13(6-2,10(19)20)15-11(21)16-7-8(17)14-9(18)12(16,3)4/h5-7H2,1-4H3,(H,15,21)(H,19,20)(H,14,17,18). The van der Waals surface area contributed by atoms with E-state index >= 15 is 0 Å². The highest BCUT2D eigenvalue weighted by molar-refractivity contribution is 6.06. The molecule has 1 aliphatic heterocycles. The lowest BCUT2D eigenvalue weighted by atomic mass is 9.92. The fourth-order valence-corrected chi connectivity index (χ4v) is 2.16. The highest BCUT2D eigenvalue weighted by Gasteiger charge is 2.46. The Kier molecular flexibility index (Phi) is 4.60. The molecule has 3 N–H and O–H groups in total. The molecule has 8 nitrogen and oxygen atoms in total. The molecule has 8 heteroatoms. The fraction of sp³-hybridized carbons (Fsp3) is 0.692. The number of urea groups is 1. The van der Waals surface area contributed by atoms with E-state index < -0.39 is 34.9 Å². The van der Waals surface area contributed by atoms with E-state index in [1.54, 1.807) is 13.8 Å². The smallest absolute Gasteiger partial charge is 0.329 e. The molecule has 0 radical (unpaired) electrons. The molecule has 1 rings (SSSR count). The Morgan fingerprint density at radius 1 is 1.33 bits per heavy atom. The summed E-state index contributed by atoms with van der Waals surface area (Å²) in [5, 5.41) is 13.9. The minimum absolute atomic E-state index is 0.193.